The van der Waals surface area contributed by atoms with Crippen molar-refractivity contribution in [3.8, 4) is 17.9 Å². The molecule has 0 saturated carbocycles. The van der Waals surface area contributed by atoms with E-state index in [0.717, 1.165) is 18.7 Å². The summed E-state index contributed by atoms with van der Waals surface area (Å²) in [6, 6.07) is 7.43. The second-order valence-electron chi connectivity index (χ2n) is 2.88. The highest BCUT2D eigenvalue weighted by molar-refractivity contribution is 6.32. The van der Waals surface area contributed by atoms with Gasteiger partial charge >= 0.3 is 0 Å². The lowest BCUT2D eigenvalue weighted by Gasteiger charge is -2.06. The first-order chi connectivity index (χ1) is 7.29. The van der Waals surface area contributed by atoms with Crippen molar-refractivity contribution in [1.82, 2.24) is 0 Å². The van der Waals surface area contributed by atoms with Gasteiger partial charge in [0.15, 0.2) is 0 Å². The molecule has 2 nitrogen and oxygen atoms in total. The molecule has 1 aromatic rings. The zero-order chi connectivity index (χ0) is 11.1. The topological polar surface area (TPSA) is 35.8 Å². The van der Waals surface area contributed by atoms with Crippen molar-refractivity contribution in [2.75, 3.05) is 11.9 Å². The molecule has 0 heterocycles. The molecule has 1 aromatic carbocycles. The average molecular weight is 219 g/mol. The van der Waals surface area contributed by atoms with E-state index in [0.29, 0.717) is 10.6 Å². The second kappa shape index (κ2) is 5.96. The number of benzene rings is 1. The number of nitriles is 1. The summed E-state index contributed by atoms with van der Waals surface area (Å²) < 4.78 is 0. The summed E-state index contributed by atoms with van der Waals surface area (Å²) in [6.07, 6.45) is 0.758. The van der Waals surface area contributed by atoms with Crippen LogP contribution in [0, 0.1) is 23.2 Å². The Hall–Kier alpha value is -1.64. The lowest BCUT2D eigenvalue weighted by molar-refractivity contribution is 1.09. The molecular formula is C12H11ClN2. The molecule has 0 spiro atoms. The summed E-state index contributed by atoms with van der Waals surface area (Å²) in [5.74, 6) is 5.76. The van der Waals surface area contributed by atoms with Crippen LogP contribution in [-0.4, -0.2) is 6.54 Å². The summed E-state index contributed by atoms with van der Waals surface area (Å²) in [6.45, 7) is 2.52. The standard InChI is InChI=1S/C12H11ClN2/c1-2-3-4-8-15-12-7-5-6-11(13)10(12)9-14/h5-7,15H,4,8H2,1H3. The van der Waals surface area contributed by atoms with E-state index in [1.165, 1.54) is 0 Å². The van der Waals surface area contributed by atoms with Crippen LogP contribution >= 0.6 is 11.6 Å². The van der Waals surface area contributed by atoms with Crippen LogP contribution in [0.25, 0.3) is 0 Å². The van der Waals surface area contributed by atoms with Gasteiger partial charge in [-0.15, -0.1) is 11.8 Å². The van der Waals surface area contributed by atoms with Crippen molar-refractivity contribution in [3.63, 3.8) is 0 Å². The van der Waals surface area contributed by atoms with Crippen molar-refractivity contribution in [2.24, 2.45) is 0 Å². The Kier molecular flexibility index (Phi) is 4.54. The van der Waals surface area contributed by atoms with Crippen LogP contribution in [0.15, 0.2) is 18.2 Å². The predicted molar refractivity (Wildman–Crippen MR) is 62.7 cm³/mol. The molecule has 15 heavy (non-hydrogen) atoms. The molecule has 0 aliphatic carbocycles. The Bertz CT molecular complexity index is 435. The van der Waals surface area contributed by atoms with Gasteiger partial charge in [0, 0.05) is 13.0 Å². The van der Waals surface area contributed by atoms with Crippen molar-refractivity contribution in [2.45, 2.75) is 13.3 Å². The third-order valence-electron chi connectivity index (χ3n) is 1.87. The summed E-state index contributed by atoms with van der Waals surface area (Å²) >= 11 is 5.88. The van der Waals surface area contributed by atoms with Crippen LogP contribution < -0.4 is 5.32 Å². The van der Waals surface area contributed by atoms with Crippen LogP contribution in [0.4, 0.5) is 5.69 Å². The number of anilines is 1. The number of nitrogens with zero attached hydrogens (tertiary/aromatic N) is 1. The van der Waals surface area contributed by atoms with E-state index in [1.54, 1.807) is 13.0 Å². The lowest BCUT2D eigenvalue weighted by atomic mass is 10.2. The first-order valence-corrected chi connectivity index (χ1v) is 4.99. The Morgan fingerprint density at radius 2 is 2.27 bits per heavy atom. The lowest BCUT2D eigenvalue weighted by Crippen LogP contribution is -2.02. The predicted octanol–water partition coefficient (Wildman–Crippen LogP) is 3.04. The minimum Gasteiger partial charge on any atom is -0.383 e. The quantitative estimate of drug-likeness (QED) is 0.625. The van der Waals surface area contributed by atoms with Crippen LogP contribution in [0.5, 0.6) is 0 Å². The maximum atomic E-state index is 8.90. The number of rotatable bonds is 3. The molecule has 0 unspecified atom stereocenters. The third-order valence-corrected chi connectivity index (χ3v) is 2.18. The fourth-order valence-electron chi connectivity index (χ4n) is 1.17. The van der Waals surface area contributed by atoms with Gasteiger partial charge in [-0.05, 0) is 19.1 Å². The highest BCUT2D eigenvalue weighted by atomic mass is 35.5. The second-order valence-corrected chi connectivity index (χ2v) is 3.28. The zero-order valence-electron chi connectivity index (χ0n) is 8.47. The number of nitrogens with one attached hydrogen (secondary N) is 1. The molecule has 0 amide bonds. The molecular weight excluding hydrogens is 208 g/mol. The largest absolute Gasteiger partial charge is 0.383 e. The van der Waals surface area contributed by atoms with Gasteiger partial charge in [0.2, 0.25) is 0 Å². The van der Waals surface area contributed by atoms with E-state index in [-0.39, 0.29) is 0 Å². The molecule has 1 rings (SSSR count). The maximum absolute atomic E-state index is 8.90. The number of halogens is 1. The summed E-state index contributed by atoms with van der Waals surface area (Å²) in [7, 11) is 0. The molecule has 1 N–H and O–H groups in total. The molecule has 0 aliphatic heterocycles. The molecule has 0 bridgehead atoms. The van der Waals surface area contributed by atoms with Gasteiger partial charge in [-0.3, -0.25) is 0 Å². The van der Waals surface area contributed by atoms with E-state index >= 15 is 0 Å². The molecule has 0 saturated heterocycles. The van der Waals surface area contributed by atoms with Crippen LogP contribution in [0.1, 0.15) is 18.9 Å². The molecule has 0 aliphatic rings. The number of hydrogen-bond donors (Lipinski definition) is 1. The minimum atomic E-state index is 0.476. The van der Waals surface area contributed by atoms with Gasteiger partial charge in [-0.25, -0.2) is 0 Å². The van der Waals surface area contributed by atoms with Crippen LogP contribution in [0.2, 0.25) is 5.02 Å². The smallest absolute Gasteiger partial charge is 0.103 e. The van der Waals surface area contributed by atoms with Gasteiger partial charge in [-0.2, -0.15) is 5.26 Å². The van der Waals surface area contributed by atoms with E-state index in [1.807, 2.05) is 12.1 Å². The molecule has 0 aromatic heterocycles. The third kappa shape index (κ3) is 3.20. The first kappa shape index (κ1) is 11.4. The Labute approximate surface area is 94.9 Å². The van der Waals surface area contributed by atoms with E-state index < -0.39 is 0 Å². The summed E-state index contributed by atoms with van der Waals surface area (Å²) in [4.78, 5) is 0. The molecule has 3 heteroatoms. The van der Waals surface area contributed by atoms with Gasteiger partial charge in [0.25, 0.3) is 0 Å². The van der Waals surface area contributed by atoms with Gasteiger partial charge in [-0.1, -0.05) is 17.7 Å². The van der Waals surface area contributed by atoms with Crippen LogP contribution in [0.3, 0.4) is 0 Å². The average Bonchev–Trinajstić information content (AvgIpc) is 2.24. The summed E-state index contributed by atoms with van der Waals surface area (Å²) in [5.41, 5.74) is 1.26. The highest BCUT2D eigenvalue weighted by Gasteiger charge is 2.04. The van der Waals surface area contributed by atoms with E-state index in [2.05, 4.69) is 23.2 Å². The van der Waals surface area contributed by atoms with Gasteiger partial charge in [0.05, 0.1) is 16.3 Å². The van der Waals surface area contributed by atoms with E-state index in [4.69, 9.17) is 16.9 Å². The Balaban J connectivity index is 2.72. The van der Waals surface area contributed by atoms with Gasteiger partial charge in [0.1, 0.15) is 6.07 Å². The van der Waals surface area contributed by atoms with Crippen molar-refractivity contribution < 1.29 is 0 Å². The molecule has 0 radical (unpaired) electrons. The minimum absolute atomic E-state index is 0.476. The Morgan fingerprint density at radius 1 is 1.47 bits per heavy atom. The van der Waals surface area contributed by atoms with Gasteiger partial charge < -0.3 is 5.32 Å². The van der Waals surface area contributed by atoms with Crippen molar-refractivity contribution >= 4 is 17.3 Å². The van der Waals surface area contributed by atoms with E-state index in [9.17, 15) is 0 Å². The number of hydrogen-bond acceptors (Lipinski definition) is 2. The van der Waals surface area contributed by atoms with Crippen molar-refractivity contribution in [3.05, 3.63) is 28.8 Å². The molecule has 0 atom stereocenters. The van der Waals surface area contributed by atoms with Crippen LogP contribution in [-0.2, 0) is 0 Å². The molecule has 0 fully saturated rings. The fourth-order valence-corrected chi connectivity index (χ4v) is 1.39. The van der Waals surface area contributed by atoms with Crippen molar-refractivity contribution in [1.29, 1.82) is 5.26 Å². The summed E-state index contributed by atoms with van der Waals surface area (Å²) in [5, 5.41) is 12.5. The monoisotopic (exact) mass is 218 g/mol. The first-order valence-electron chi connectivity index (χ1n) is 4.61. The highest BCUT2D eigenvalue weighted by Crippen LogP contribution is 2.22. The fraction of sp³-hybridized carbons (Fsp3) is 0.250. The SMILES string of the molecule is CC#CCCNc1cccc(Cl)c1C#N. The zero-order valence-corrected chi connectivity index (χ0v) is 9.23. The maximum Gasteiger partial charge on any atom is 0.103 e. The normalized spacial score (nSPS) is 8.60. The Morgan fingerprint density at radius 3 is 2.93 bits per heavy atom. The molecule has 76 valence electrons.